The number of aromatic nitrogens is 1. The lowest BCUT2D eigenvalue weighted by molar-refractivity contribution is 0.0844. The first-order chi connectivity index (χ1) is 13.5. The second kappa shape index (κ2) is 8.43. The van der Waals surface area contributed by atoms with Crippen LogP contribution in [0.3, 0.4) is 0 Å². The fourth-order valence-electron chi connectivity index (χ4n) is 2.63. The van der Waals surface area contributed by atoms with Gasteiger partial charge in [0.15, 0.2) is 11.5 Å². The molecular weight excluding hydrogens is 365 g/mol. The highest BCUT2D eigenvalue weighted by atomic mass is 19.1. The van der Waals surface area contributed by atoms with Crippen molar-refractivity contribution in [2.75, 3.05) is 13.7 Å². The van der Waals surface area contributed by atoms with Crippen molar-refractivity contribution in [2.24, 2.45) is 0 Å². The molecule has 0 saturated carbocycles. The normalized spacial score (nSPS) is 10.5. The fraction of sp³-hybridized carbons (Fsp3) is 0.200. The van der Waals surface area contributed by atoms with Crippen molar-refractivity contribution in [2.45, 2.75) is 13.3 Å². The van der Waals surface area contributed by atoms with Gasteiger partial charge in [-0.25, -0.2) is 4.39 Å². The number of benzene rings is 2. The van der Waals surface area contributed by atoms with Crippen LogP contribution in [0.25, 0.3) is 10.9 Å². The molecule has 0 fully saturated rings. The topological polar surface area (TPSA) is 92.5 Å². The van der Waals surface area contributed by atoms with Crippen LogP contribution in [0.5, 0.6) is 11.5 Å². The van der Waals surface area contributed by atoms with E-state index in [-0.39, 0.29) is 11.3 Å². The van der Waals surface area contributed by atoms with E-state index < -0.39 is 17.6 Å². The molecule has 7 nitrogen and oxygen atoms in total. The first-order valence-corrected chi connectivity index (χ1v) is 8.72. The number of hydrazine groups is 1. The van der Waals surface area contributed by atoms with Crippen molar-refractivity contribution in [1.82, 2.24) is 15.8 Å². The number of methoxy groups -OCH3 is 1. The molecule has 3 rings (SSSR count). The number of aromatic amines is 1. The number of carbonyl (C=O) groups is 2. The number of ether oxygens (including phenoxy) is 2. The minimum Gasteiger partial charge on any atom is -0.493 e. The minimum absolute atomic E-state index is 0.126. The number of rotatable bonds is 6. The maximum atomic E-state index is 13.7. The molecule has 0 aliphatic heterocycles. The second-order valence-corrected chi connectivity index (χ2v) is 6.01. The molecule has 0 aliphatic rings. The number of amides is 2. The van der Waals surface area contributed by atoms with E-state index in [1.165, 1.54) is 25.3 Å². The number of hydrogen-bond donors (Lipinski definition) is 3. The molecule has 1 heterocycles. The maximum absolute atomic E-state index is 13.7. The Kier molecular flexibility index (Phi) is 5.78. The predicted molar refractivity (Wildman–Crippen MR) is 102 cm³/mol. The molecule has 146 valence electrons. The van der Waals surface area contributed by atoms with Gasteiger partial charge in [0, 0.05) is 16.5 Å². The van der Waals surface area contributed by atoms with Crippen LogP contribution in [0.1, 0.15) is 34.2 Å². The van der Waals surface area contributed by atoms with E-state index in [0.29, 0.717) is 29.0 Å². The van der Waals surface area contributed by atoms with Gasteiger partial charge in [-0.3, -0.25) is 20.4 Å². The van der Waals surface area contributed by atoms with Gasteiger partial charge >= 0.3 is 0 Å². The zero-order valence-electron chi connectivity index (χ0n) is 15.5. The van der Waals surface area contributed by atoms with Crippen LogP contribution in [0.2, 0.25) is 0 Å². The Morgan fingerprint density at radius 3 is 2.57 bits per heavy atom. The van der Waals surface area contributed by atoms with Crippen LogP contribution in [-0.2, 0) is 0 Å². The molecule has 8 heteroatoms. The van der Waals surface area contributed by atoms with Crippen LogP contribution >= 0.6 is 0 Å². The lowest BCUT2D eigenvalue weighted by Crippen LogP contribution is -2.41. The highest BCUT2D eigenvalue weighted by molar-refractivity contribution is 6.01. The van der Waals surface area contributed by atoms with E-state index in [1.54, 1.807) is 24.3 Å². The number of hydrogen-bond acceptors (Lipinski definition) is 4. The molecule has 0 saturated heterocycles. The summed E-state index contributed by atoms with van der Waals surface area (Å²) < 4.78 is 24.5. The van der Waals surface area contributed by atoms with Crippen LogP contribution in [0.15, 0.2) is 42.5 Å². The van der Waals surface area contributed by atoms with Gasteiger partial charge in [0.25, 0.3) is 11.8 Å². The van der Waals surface area contributed by atoms with Crippen molar-refractivity contribution in [3.05, 3.63) is 59.5 Å². The van der Waals surface area contributed by atoms with Gasteiger partial charge in [0.1, 0.15) is 11.5 Å². The summed E-state index contributed by atoms with van der Waals surface area (Å²) in [6.07, 6.45) is 0.842. The smallest absolute Gasteiger partial charge is 0.286 e. The quantitative estimate of drug-likeness (QED) is 0.568. The summed E-state index contributed by atoms with van der Waals surface area (Å²) in [5.41, 5.74) is 5.52. The molecule has 3 aromatic rings. The first-order valence-electron chi connectivity index (χ1n) is 8.72. The van der Waals surface area contributed by atoms with Crippen LogP contribution < -0.4 is 20.3 Å². The van der Waals surface area contributed by atoms with Crippen molar-refractivity contribution in [3.63, 3.8) is 0 Å². The van der Waals surface area contributed by atoms with Gasteiger partial charge in [-0.15, -0.1) is 0 Å². The maximum Gasteiger partial charge on any atom is 0.286 e. The molecule has 28 heavy (non-hydrogen) atoms. The standard InChI is InChI=1S/C20H20FN3O4/c1-3-9-28-17-8-7-12(10-18(17)27-2)19(25)23-24-20(26)16-11-13-14(21)5-4-6-15(13)22-16/h4-8,10-11,22H,3,9H2,1-2H3,(H,23,25)(H,24,26). The highest BCUT2D eigenvalue weighted by Gasteiger charge is 2.15. The molecule has 2 aromatic carbocycles. The van der Waals surface area contributed by atoms with Crippen molar-refractivity contribution in [1.29, 1.82) is 0 Å². The predicted octanol–water partition coefficient (Wildman–Crippen LogP) is 3.18. The minimum atomic E-state index is -0.598. The number of nitrogens with one attached hydrogen (secondary N) is 3. The van der Waals surface area contributed by atoms with E-state index in [0.717, 1.165) is 6.42 Å². The third-order valence-electron chi connectivity index (χ3n) is 4.03. The van der Waals surface area contributed by atoms with Gasteiger partial charge in [0.2, 0.25) is 0 Å². The van der Waals surface area contributed by atoms with E-state index in [1.807, 2.05) is 6.92 Å². The second-order valence-electron chi connectivity index (χ2n) is 6.01. The number of carbonyl (C=O) groups excluding carboxylic acids is 2. The monoisotopic (exact) mass is 385 g/mol. The Bertz CT molecular complexity index is 1020. The SMILES string of the molecule is CCCOc1ccc(C(=O)NNC(=O)c2cc3c(F)cccc3[nH]2)cc1OC. The van der Waals surface area contributed by atoms with E-state index in [4.69, 9.17) is 9.47 Å². The molecule has 0 spiro atoms. The lowest BCUT2D eigenvalue weighted by Gasteiger charge is -2.12. The van der Waals surface area contributed by atoms with Gasteiger partial charge in [-0.05, 0) is 42.8 Å². The Labute approximate surface area is 160 Å². The van der Waals surface area contributed by atoms with E-state index in [2.05, 4.69) is 15.8 Å². The molecule has 0 radical (unpaired) electrons. The third-order valence-corrected chi connectivity index (χ3v) is 4.03. The van der Waals surface area contributed by atoms with Crippen LogP contribution in [-0.4, -0.2) is 30.5 Å². The van der Waals surface area contributed by atoms with Gasteiger partial charge in [0.05, 0.1) is 13.7 Å². The lowest BCUT2D eigenvalue weighted by atomic mass is 10.2. The Hall–Kier alpha value is -3.55. The summed E-state index contributed by atoms with van der Waals surface area (Å²) in [5.74, 6) is -0.618. The van der Waals surface area contributed by atoms with Crippen LogP contribution in [0.4, 0.5) is 4.39 Å². The van der Waals surface area contributed by atoms with Gasteiger partial charge in [-0.2, -0.15) is 0 Å². The molecule has 0 unspecified atom stereocenters. The first kappa shape index (κ1) is 19.2. The third kappa shape index (κ3) is 4.06. The highest BCUT2D eigenvalue weighted by Crippen LogP contribution is 2.28. The van der Waals surface area contributed by atoms with E-state index in [9.17, 15) is 14.0 Å². The van der Waals surface area contributed by atoms with Crippen molar-refractivity contribution >= 4 is 22.7 Å². The number of halogens is 1. The zero-order valence-corrected chi connectivity index (χ0v) is 15.5. The molecule has 0 bridgehead atoms. The number of fused-ring (bicyclic) bond motifs is 1. The zero-order chi connectivity index (χ0) is 20.1. The van der Waals surface area contributed by atoms with Crippen LogP contribution in [0, 0.1) is 5.82 Å². The average molecular weight is 385 g/mol. The molecule has 0 atom stereocenters. The summed E-state index contributed by atoms with van der Waals surface area (Å²) in [5, 5.41) is 0.298. The summed E-state index contributed by atoms with van der Waals surface area (Å²) in [7, 11) is 1.48. The van der Waals surface area contributed by atoms with E-state index >= 15 is 0 Å². The Morgan fingerprint density at radius 2 is 1.86 bits per heavy atom. The molecular formula is C20H20FN3O4. The molecule has 0 aliphatic carbocycles. The Morgan fingerprint density at radius 1 is 1.07 bits per heavy atom. The summed E-state index contributed by atoms with van der Waals surface area (Å²) in [4.78, 5) is 27.3. The Balaban J connectivity index is 1.67. The summed E-state index contributed by atoms with van der Waals surface area (Å²) in [6.45, 7) is 2.52. The molecule has 1 aromatic heterocycles. The summed E-state index contributed by atoms with van der Waals surface area (Å²) >= 11 is 0. The number of H-pyrrole nitrogens is 1. The largest absolute Gasteiger partial charge is 0.493 e. The fourth-order valence-corrected chi connectivity index (χ4v) is 2.63. The van der Waals surface area contributed by atoms with Crippen molar-refractivity contribution < 1.29 is 23.5 Å². The van der Waals surface area contributed by atoms with Gasteiger partial charge < -0.3 is 14.5 Å². The van der Waals surface area contributed by atoms with Gasteiger partial charge in [-0.1, -0.05) is 13.0 Å². The van der Waals surface area contributed by atoms with Crippen molar-refractivity contribution in [3.8, 4) is 11.5 Å². The average Bonchev–Trinajstić information content (AvgIpc) is 3.16. The summed E-state index contributed by atoms with van der Waals surface area (Å²) in [6, 6.07) is 10.6. The molecule has 2 amide bonds. The molecule has 3 N–H and O–H groups in total.